The first kappa shape index (κ1) is 16.0. The molecule has 1 aliphatic carbocycles. The minimum absolute atomic E-state index is 0.0625. The van der Waals surface area contributed by atoms with Crippen molar-refractivity contribution in [1.29, 1.82) is 0 Å². The molecule has 0 spiro atoms. The molecule has 0 aromatic heterocycles. The Labute approximate surface area is 136 Å². The number of rotatable bonds is 2. The van der Waals surface area contributed by atoms with Crippen LogP contribution in [0.1, 0.15) is 38.2 Å². The van der Waals surface area contributed by atoms with Crippen LogP contribution in [0.15, 0.2) is 18.2 Å². The Hall–Kier alpha value is -1.91. The summed E-state index contributed by atoms with van der Waals surface area (Å²) in [6, 6.07) is 4.23. The van der Waals surface area contributed by atoms with Gasteiger partial charge in [-0.2, -0.15) is 0 Å². The summed E-state index contributed by atoms with van der Waals surface area (Å²) in [7, 11) is 0. The van der Waals surface area contributed by atoms with E-state index in [-0.39, 0.29) is 17.7 Å². The number of amides is 2. The number of piperazine rings is 1. The van der Waals surface area contributed by atoms with E-state index in [1.54, 1.807) is 24.0 Å². The molecule has 2 fully saturated rings. The maximum atomic E-state index is 14.1. The molecule has 1 unspecified atom stereocenters. The van der Waals surface area contributed by atoms with Crippen molar-refractivity contribution >= 4 is 17.5 Å². The largest absolute Gasteiger partial charge is 0.329 e. The fourth-order valence-corrected chi connectivity index (χ4v) is 3.65. The number of halogens is 1. The molecule has 1 aromatic carbocycles. The molecule has 2 amide bonds. The van der Waals surface area contributed by atoms with Crippen LogP contribution in [0.4, 0.5) is 10.1 Å². The van der Waals surface area contributed by atoms with E-state index in [4.69, 9.17) is 0 Å². The Morgan fingerprint density at radius 3 is 2.61 bits per heavy atom. The minimum Gasteiger partial charge on any atom is -0.329 e. The van der Waals surface area contributed by atoms with E-state index in [2.05, 4.69) is 0 Å². The van der Waals surface area contributed by atoms with Crippen LogP contribution in [-0.4, -0.2) is 35.8 Å². The SMILES string of the molecule is Cc1ccc(F)c(N2CCN(C(=O)C3CCCC3)C(C)C2=O)c1. The fourth-order valence-electron chi connectivity index (χ4n) is 3.65. The Kier molecular flexibility index (Phi) is 4.37. The van der Waals surface area contributed by atoms with Gasteiger partial charge in [0.25, 0.3) is 0 Å². The lowest BCUT2D eigenvalue weighted by Gasteiger charge is -2.40. The number of benzene rings is 1. The molecule has 4 nitrogen and oxygen atoms in total. The average Bonchev–Trinajstić information content (AvgIpc) is 3.06. The highest BCUT2D eigenvalue weighted by atomic mass is 19.1. The number of hydrogen-bond acceptors (Lipinski definition) is 2. The van der Waals surface area contributed by atoms with Gasteiger partial charge in [0.15, 0.2) is 0 Å². The first-order chi connectivity index (χ1) is 11.0. The van der Waals surface area contributed by atoms with E-state index in [0.29, 0.717) is 18.8 Å². The van der Waals surface area contributed by atoms with Crippen molar-refractivity contribution in [3.8, 4) is 0 Å². The third-order valence-electron chi connectivity index (χ3n) is 5.04. The first-order valence-corrected chi connectivity index (χ1v) is 8.37. The molecule has 5 heteroatoms. The van der Waals surface area contributed by atoms with Crippen LogP contribution >= 0.6 is 0 Å². The molecule has 0 bridgehead atoms. The monoisotopic (exact) mass is 318 g/mol. The lowest BCUT2D eigenvalue weighted by Crippen LogP contribution is -2.58. The van der Waals surface area contributed by atoms with E-state index in [0.717, 1.165) is 31.2 Å². The summed E-state index contributed by atoms with van der Waals surface area (Å²) < 4.78 is 14.1. The molecule has 1 saturated carbocycles. The van der Waals surface area contributed by atoms with Crippen LogP contribution in [-0.2, 0) is 9.59 Å². The molecular formula is C18H23FN2O2. The highest BCUT2D eigenvalue weighted by Gasteiger charge is 2.38. The highest BCUT2D eigenvalue weighted by Crippen LogP contribution is 2.30. The smallest absolute Gasteiger partial charge is 0.249 e. The summed E-state index contributed by atoms with van der Waals surface area (Å²) >= 11 is 0. The predicted octanol–water partition coefficient (Wildman–Crippen LogP) is 2.89. The highest BCUT2D eigenvalue weighted by molar-refractivity contribution is 6.00. The van der Waals surface area contributed by atoms with Gasteiger partial charge in [-0.3, -0.25) is 9.59 Å². The molecule has 1 heterocycles. The van der Waals surface area contributed by atoms with Crippen molar-refractivity contribution in [2.75, 3.05) is 18.0 Å². The van der Waals surface area contributed by atoms with Gasteiger partial charge < -0.3 is 9.80 Å². The van der Waals surface area contributed by atoms with Gasteiger partial charge in [-0.15, -0.1) is 0 Å². The summed E-state index contributed by atoms with van der Waals surface area (Å²) in [5, 5.41) is 0. The molecule has 0 radical (unpaired) electrons. The lowest BCUT2D eigenvalue weighted by molar-refractivity contribution is -0.143. The number of aryl methyl sites for hydroxylation is 1. The van der Waals surface area contributed by atoms with Crippen LogP contribution in [0.25, 0.3) is 0 Å². The van der Waals surface area contributed by atoms with Gasteiger partial charge in [-0.25, -0.2) is 4.39 Å². The zero-order valence-electron chi connectivity index (χ0n) is 13.7. The standard InChI is InChI=1S/C18H23FN2O2/c1-12-7-8-15(19)16(11-12)21-10-9-20(13(2)17(21)22)18(23)14-5-3-4-6-14/h7-8,11,13-14H,3-6,9-10H2,1-2H3. The van der Waals surface area contributed by atoms with Crippen LogP contribution in [0.5, 0.6) is 0 Å². The molecule has 2 aliphatic rings. The minimum atomic E-state index is -0.531. The Morgan fingerprint density at radius 2 is 1.91 bits per heavy atom. The van der Waals surface area contributed by atoms with Gasteiger partial charge in [-0.05, 0) is 44.4 Å². The van der Waals surface area contributed by atoms with Gasteiger partial charge in [-0.1, -0.05) is 18.9 Å². The zero-order valence-corrected chi connectivity index (χ0v) is 13.7. The van der Waals surface area contributed by atoms with E-state index in [9.17, 15) is 14.0 Å². The molecular weight excluding hydrogens is 295 g/mol. The molecule has 1 aliphatic heterocycles. The van der Waals surface area contributed by atoms with Crippen molar-refractivity contribution < 1.29 is 14.0 Å². The van der Waals surface area contributed by atoms with Crippen molar-refractivity contribution in [3.05, 3.63) is 29.6 Å². The van der Waals surface area contributed by atoms with Crippen LogP contribution < -0.4 is 4.90 Å². The summed E-state index contributed by atoms with van der Waals surface area (Å²) in [5.74, 6) is -0.445. The summed E-state index contributed by atoms with van der Waals surface area (Å²) in [5.41, 5.74) is 1.22. The van der Waals surface area contributed by atoms with Crippen molar-refractivity contribution in [2.45, 2.75) is 45.6 Å². The van der Waals surface area contributed by atoms with Gasteiger partial charge in [0, 0.05) is 19.0 Å². The molecule has 1 atom stereocenters. The number of nitrogens with zero attached hydrogens (tertiary/aromatic N) is 2. The van der Waals surface area contributed by atoms with Gasteiger partial charge in [0.1, 0.15) is 11.9 Å². The quantitative estimate of drug-likeness (QED) is 0.841. The van der Waals surface area contributed by atoms with Crippen molar-refractivity contribution in [2.24, 2.45) is 5.92 Å². The maximum absolute atomic E-state index is 14.1. The zero-order chi connectivity index (χ0) is 16.6. The number of carbonyl (C=O) groups is 2. The molecule has 0 N–H and O–H groups in total. The summed E-state index contributed by atoms with van der Waals surface area (Å²) in [6.07, 6.45) is 4.03. The van der Waals surface area contributed by atoms with Gasteiger partial charge >= 0.3 is 0 Å². The van der Waals surface area contributed by atoms with E-state index in [1.165, 1.54) is 11.0 Å². The second kappa shape index (κ2) is 6.30. The average molecular weight is 318 g/mol. The Bertz CT molecular complexity index is 625. The molecule has 124 valence electrons. The Balaban J connectivity index is 1.78. The second-order valence-electron chi connectivity index (χ2n) is 6.63. The first-order valence-electron chi connectivity index (χ1n) is 8.37. The molecule has 1 saturated heterocycles. The number of anilines is 1. The van der Waals surface area contributed by atoms with E-state index < -0.39 is 11.9 Å². The van der Waals surface area contributed by atoms with Crippen molar-refractivity contribution in [1.82, 2.24) is 4.90 Å². The van der Waals surface area contributed by atoms with E-state index in [1.807, 2.05) is 6.92 Å². The lowest BCUT2D eigenvalue weighted by atomic mass is 10.0. The topological polar surface area (TPSA) is 40.6 Å². The second-order valence-corrected chi connectivity index (χ2v) is 6.63. The summed E-state index contributed by atoms with van der Waals surface area (Å²) in [4.78, 5) is 28.4. The maximum Gasteiger partial charge on any atom is 0.249 e. The molecule has 1 aromatic rings. The van der Waals surface area contributed by atoms with Gasteiger partial charge in [0.05, 0.1) is 5.69 Å². The normalized spacial score (nSPS) is 22.7. The predicted molar refractivity (Wildman–Crippen MR) is 86.6 cm³/mol. The van der Waals surface area contributed by atoms with Crippen molar-refractivity contribution in [3.63, 3.8) is 0 Å². The number of hydrogen-bond donors (Lipinski definition) is 0. The van der Waals surface area contributed by atoms with Crippen LogP contribution in [0, 0.1) is 18.7 Å². The van der Waals surface area contributed by atoms with Crippen LogP contribution in [0.2, 0.25) is 0 Å². The third-order valence-corrected chi connectivity index (χ3v) is 5.04. The summed E-state index contributed by atoms with van der Waals surface area (Å²) in [6.45, 7) is 4.43. The van der Waals surface area contributed by atoms with Crippen LogP contribution in [0.3, 0.4) is 0 Å². The fraction of sp³-hybridized carbons (Fsp3) is 0.556. The van der Waals surface area contributed by atoms with E-state index >= 15 is 0 Å². The number of carbonyl (C=O) groups excluding carboxylic acids is 2. The Morgan fingerprint density at radius 1 is 1.22 bits per heavy atom. The van der Waals surface area contributed by atoms with Gasteiger partial charge in [0.2, 0.25) is 11.8 Å². The third kappa shape index (κ3) is 2.96. The molecule has 3 rings (SSSR count). The molecule has 23 heavy (non-hydrogen) atoms.